The molecule has 0 saturated carbocycles. The molecule has 1 amide bonds. The van der Waals surface area contributed by atoms with Crippen LogP contribution < -0.4 is 14.4 Å². The maximum atomic E-state index is 12.9. The number of ether oxygens (including phenoxy) is 2. The molecule has 5 heteroatoms. The van der Waals surface area contributed by atoms with Gasteiger partial charge in [-0.15, -0.1) is 0 Å². The summed E-state index contributed by atoms with van der Waals surface area (Å²) >= 11 is 0. The topological polar surface area (TPSA) is 42.0 Å². The van der Waals surface area contributed by atoms with Crippen LogP contribution in [0.4, 0.5) is 5.69 Å². The van der Waals surface area contributed by atoms with Crippen molar-refractivity contribution in [2.24, 2.45) is 0 Å². The predicted molar refractivity (Wildman–Crippen MR) is 104 cm³/mol. The first-order valence-corrected chi connectivity index (χ1v) is 8.86. The molecule has 3 rings (SSSR count). The molecule has 0 N–H and O–H groups in total. The Morgan fingerprint density at radius 1 is 0.808 bits per heavy atom. The lowest BCUT2D eigenvalue weighted by Crippen LogP contribution is -2.48. The Labute approximate surface area is 155 Å². The van der Waals surface area contributed by atoms with Gasteiger partial charge in [-0.05, 0) is 49.2 Å². The molecular formula is C21H26N2O3. The van der Waals surface area contributed by atoms with E-state index in [1.165, 1.54) is 16.8 Å². The van der Waals surface area contributed by atoms with Gasteiger partial charge in [-0.3, -0.25) is 4.79 Å². The van der Waals surface area contributed by atoms with E-state index in [0.29, 0.717) is 30.2 Å². The molecule has 138 valence electrons. The van der Waals surface area contributed by atoms with Crippen molar-refractivity contribution in [2.45, 2.75) is 13.8 Å². The van der Waals surface area contributed by atoms with Gasteiger partial charge < -0.3 is 19.3 Å². The second kappa shape index (κ2) is 7.68. The number of amides is 1. The zero-order valence-corrected chi connectivity index (χ0v) is 15.9. The molecule has 1 aliphatic heterocycles. The molecule has 0 unspecified atom stereocenters. The molecule has 1 heterocycles. The number of hydrogen-bond donors (Lipinski definition) is 0. The molecule has 0 aromatic heterocycles. The number of benzene rings is 2. The van der Waals surface area contributed by atoms with Crippen molar-refractivity contribution in [3.05, 3.63) is 53.1 Å². The van der Waals surface area contributed by atoms with Crippen molar-refractivity contribution in [1.82, 2.24) is 4.90 Å². The first-order chi connectivity index (χ1) is 12.5. The van der Waals surface area contributed by atoms with Gasteiger partial charge in [0, 0.05) is 43.5 Å². The summed E-state index contributed by atoms with van der Waals surface area (Å²) < 4.78 is 10.5. The molecule has 0 radical (unpaired) electrons. The Morgan fingerprint density at radius 2 is 1.35 bits per heavy atom. The standard InChI is InChI=1S/C21H26N2O3/c1-15-9-16(2)11-18(10-15)22-5-7-23(8-6-22)21(24)17-12-19(25-3)14-20(13-17)26-4/h9-14H,5-8H2,1-4H3. The van der Waals surface area contributed by atoms with Gasteiger partial charge in [0.1, 0.15) is 11.5 Å². The van der Waals surface area contributed by atoms with E-state index in [4.69, 9.17) is 9.47 Å². The summed E-state index contributed by atoms with van der Waals surface area (Å²) in [6, 6.07) is 11.9. The van der Waals surface area contributed by atoms with Gasteiger partial charge in [0.05, 0.1) is 14.2 Å². The highest BCUT2D eigenvalue weighted by Crippen LogP contribution is 2.25. The van der Waals surface area contributed by atoms with Crippen LogP contribution in [-0.2, 0) is 0 Å². The van der Waals surface area contributed by atoms with Crippen molar-refractivity contribution in [2.75, 3.05) is 45.3 Å². The molecular weight excluding hydrogens is 328 g/mol. The zero-order chi connectivity index (χ0) is 18.7. The number of carbonyl (C=O) groups excluding carboxylic acids is 1. The lowest BCUT2D eigenvalue weighted by atomic mass is 10.1. The lowest BCUT2D eigenvalue weighted by molar-refractivity contribution is 0.0746. The SMILES string of the molecule is COc1cc(OC)cc(C(=O)N2CCN(c3cc(C)cc(C)c3)CC2)c1. The average Bonchev–Trinajstić information content (AvgIpc) is 2.66. The van der Waals surface area contributed by atoms with Crippen LogP contribution in [0.1, 0.15) is 21.5 Å². The van der Waals surface area contributed by atoms with E-state index in [0.717, 1.165) is 13.1 Å². The molecule has 2 aromatic carbocycles. The van der Waals surface area contributed by atoms with E-state index < -0.39 is 0 Å². The minimum atomic E-state index is 0.0160. The van der Waals surface area contributed by atoms with E-state index in [-0.39, 0.29) is 5.91 Å². The highest BCUT2D eigenvalue weighted by atomic mass is 16.5. The third-order valence-corrected chi connectivity index (χ3v) is 4.74. The molecule has 1 aliphatic rings. The van der Waals surface area contributed by atoms with Gasteiger partial charge in [0.25, 0.3) is 5.91 Å². The Hall–Kier alpha value is -2.69. The summed E-state index contributed by atoms with van der Waals surface area (Å²) in [5.41, 5.74) is 4.36. The third-order valence-electron chi connectivity index (χ3n) is 4.74. The van der Waals surface area contributed by atoms with E-state index >= 15 is 0 Å². The predicted octanol–water partition coefficient (Wildman–Crippen LogP) is 3.28. The summed E-state index contributed by atoms with van der Waals surface area (Å²) in [5, 5.41) is 0. The van der Waals surface area contributed by atoms with Crippen LogP contribution in [0.5, 0.6) is 11.5 Å². The zero-order valence-electron chi connectivity index (χ0n) is 15.9. The summed E-state index contributed by atoms with van der Waals surface area (Å²) in [6.45, 7) is 7.29. The van der Waals surface area contributed by atoms with Crippen LogP contribution in [0.25, 0.3) is 0 Å². The van der Waals surface area contributed by atoms with Gasteiger partial charge in [-0.1, -0.05) is 6.07 Å². The largest absolute Gasteiger partial charge is 0.497 e. The van der Waals surface area contributed by atoms with Crippen LogP contribution in [0, 0.1) is 13.8 Å². The summed E-state index contributed by atoms with van der Waals surface area (Å²) in [7, 11) is 3.18. The number of hydrogen-bond acceptors (Lipinski definition) is 4. The van der Waals surface area contributed by atoms with Crippen LogP contribution in [0.3, 0.4) is 0 Å². The third kappa shape index (κ3) is 3.93. The molecule has 1 saturated heterocycles. The Balaban J connectivity index is 1.70. The minimum Gasteiger partial charge on any atom is -0.497 e. The molecule has 5 nitrogen and oxygen atoms in total. The average molecular weight is 354 g/mol. The number of rotatable bonds is 4. The van der Waals surface area contributed by atoms with E-state index in [1.807, 2.05) is 4.90 Å². The first-order valence-electron chi connectivity index (χ1n) is 8.86. The molecule has 1 fully saturated rings. The number of methoxy groups -OCH3 is 2. The van der Waals surface area contributed by atoms with Crippen LogP contribution in [-0.4, -0.2) is 51.2 Å². The fourth-order valence-electron chi connectivity index (χ4n) is 3.41. The van der Waals surface area contributed by atoms with Crippen LogP contribution in [0.2, 0.25) is 0 Å². The van der Waals surface area contributed by atoms with Crippen LogP contribution >= 0.6 is 0 Å². The first kappa shape index (κ1) is 18.1. The van der Waals surface area contributed by atoms with Gasteiger partial charge in [-0.2, -0.15) is 0 Å². The number of piperazine rings is 1. The van der Waals surface area contributed by atoms with Crippen molar-refractivity contribution in [3.63, 3.8) is 0 Å². The monoisotopic (exact) mass is 354 g/mol. The van der Waals surface area contributed by atoms with Gasteiger partial charge in [-0.25, -0.2) is 0 Å². The molecule has 0 spiro atoms. The Bertz CT molecular complexity index is 753. The molecule has 2 aromatic rings. The Kier molecular flexibility index (Phi) is 5.35. The van der Waals surface area contributed by atoms with Gasteiger partial charge in [0.2, 0.25) is 0 Å². The van der Waals surface area contributed by atoms with E-state index in [2.05, 4.69) is 36.9 Å². The second-order valence-corrected chi connectivity index (χ2v) is 6.73. The smallest absolute Gasteiger partial charge is 0.254 e. The van der Waals surface area contributed by atoms with Crippen LogP contribution in [0.15, 0.2) is 36.4 Å². The highest BCUT2D eigenvalue weighted by Gasteiger charge is 2.23. The summed E-state index contributed by atoms with van der Waals surface area (Å²) in [6.07, 6.45) is 0. The maximum absolute atomic E-state index is 12.9. The molecule has 0 aliphatic carbocycles. The minimum absolute atomic E-state index is 0.0160. The van der Waals surface area contributed by atoms with E-state index in [1.54, 1.807) is 32.4 Å². The number of anilines is 1. The number of aryl methyl sites for hydroxylation is 2. The van der Waals surface area contributed by atoms with Crippen molar-refractivity contribution in [1.29, 1.82) is 0 Å². The van der Waals surface area contributed by atoms with Crippen molar-refractivity contribution in [3.8, 4) is 11.5 Å². The maximum Gasteiger partial charge on any atom is 0.254 e. The second-order valence-electron chi connectivity index (χ2n) is 6.73. The quantitative estimate of drug-likeness (QED) is 0.845. The molecule has 26 heavy (non-hydrogen) atoms. The van der Waals surface area contributed by atoms with Gasteiger partial charge in [0.15, 0.2) is 0 Å². The number of carbonyl (C=O) groups is 1. The van der Waals surface area contributed by atoms with Gasteiger partial charge >= 0.3 is 0 Å². The van der Waals surface area contributed by atoms with E-state index in [9.17, 15) is 4.79 Å². The Morgan fingerprint density at radius 3 is 1.85 bits per heavy atom. The summed E-state index contributed by atoms with van der Waals surface area (Å²) in [5.74, 6) is 1.27. The van der Waals surface area contributed by atoms with Crippen molar-refractivity contribution < 1.29 is 14.3 Å². The van der Waals surface area contributed by atoms with Crippen molar-refractivity contribution >= 4 is 11.6 Å². The lowest BCUT2D eigenvalue weighted by Gasteiger charge is -2.36. The molecule has 0 atom stereocenters. The highest BCUT2D eigenvalue weighted by molar-refractivity contribution is 5.95. The summed E-state index contributed by atoms with van der Waals surface area (Å²) in [4.78, 5) is 17.1. The normalized spacial score (nSPS) is 14.3. The fraction of sp³-hybridized carbons (Fsp3) is 0.381. The number of nitrogens with zero attached hydrogens (tertiary/aromatic N) is 2. The molecule has 0 bridgehead atoms. The fourth-order valence-corrected chi connectivity index (χ4v) is 3.41.